The highest BCUT2D eigenvalue weighted by atomic mass is 15.1. The number of aryl methyl sites for hydroxylation is 1. The lowest BCUT2D eigenvalue weighted by molar-refractivity contribution is 0.660. The molecule has 0 saturated carbocycles. The van der Waals surface area contributed by atoms with Crippen molar-refractivity contribution in [3.63, 3.8) is 0 Å². The summed E-state index contributed by atoms with van der Waals surface area (Å²) in [6, 6.07) is 38.7. The summed E-state index contributed by atoms with van der Waals surface area (Å²) < 4.78 is 2.40. The van der Waals surface area contributed by atoms with Crippen LogP contribution in [0, 0.1) is 6.92 Å². The number of nitrogens with zero attached hydrogens (tertiary/aromatic N) is 2. The van der Waals surface area contributed by atoms with Gasteiger partial charge >= 0.3 is 0 Å². The van der Waals surface area contributed by atoms with Gasteiger partial charge in [-0.15, -0.1) is 0 Å². The highest BCUT2D eigenvalue weighted by Crippen LogP contribution is 2.51. The predicted octanol–water partition coefficient (Wildman–Crippen LogP) is 15.9. The molecule has 0 amide bonds. The summed E-state index contributed by atoms with van der Waals surface area (Å²) >= 11 is 0. The zero-order chi connectivity index (χ0) is 40.4. The van der Waals surface area contributed by atoms with Crippen molar-refractivity contribution >= 4 is 38.9 Å². The van der Waals surface area contributed by atoms with Crippen molar-refractivity contribution in [1.29, 1.82) is 0 Å². The molecule has 6 aromatic rings. The Kier molecular flexibility index (Phi) is 10.8. The van der Waals surface area contributed by atoms with Gasteiger partial charge in [-0.1, -0.05) is 137 Å². The average molecular weight is 755 g/mol. The van der Waals surface area contributed by atoms with Gasteiger partial charge in [0, 0.05) is 33.3 Å². The Hall–Kier alpha value is -6.34. The molecule has 5 aromatic carbocycles. The van der Waals surface area contributed by atoms with Gasteiger partial charge in [0.15, 0.2) is 0 Å². The molecule has 0 atom stereocenters. The van der Waals surface area contributed by atoms with Crippen molar-refractivity contribution < 1.29 is 0 Å². The molecule has 2 nitrogen and oxygen atoms in total. The first kappa shape index (κ1) is 38.5. The first-order chi connectivity index (χ1) is 28.3. The fourth-order valence-corrected chi connectivity index (χ4v) is 8.96. The van der Waals surface area contributed by atoms with Crippen LogP contribution in [0.25, 0.3) is 49.8 Å². The second kappa shape index (κ2) is 16.3. The van der Waals surface area contributed by atoms with Gasteiger partial charge in [-0.05, 0) is 151 Å². The van der Waals surface area contributed by atoms with Gasteiger partial charge in [-0.2, -0.15) is 0 Å². The van der Waals surface area contributed by atoms with Crippen LogP contribution in [0.4, 0.5) is 11.4 Å². The fraction of sp³-hybridized carbons (Fsp3) is 0.196. The number of hydrogen-bond acceptors (Lipinski definition) is 1. The number of aromatic nitrogens is 1. The second-order valence-electron chi connectivity index (χ2n) is 15.8. The Bertz CT molecular complexity index is 2800. The van der Waals surface area contributed by atoms with Crippen LogP contribution < -0.4 is 4.90 Å². The van der Waals surface area contributed by atoms with E-state index < -0.39 is 0 Å². The summed E-state index contributed by atoms with van der Waals surface area (Å²) in [4.78, 5) is 2.40. The minimum atomic E-state index is -0.107. The maximum absolute atomic E-state index is 3.73. The van der Waals surface area contributed by atoms with E-state index in [9.17, 15) is 0 Å². The van der Waals surface area contributed by atoms with Crippen LogP contribution in [-0.4, -0.2) is 4.57 Å². The topological polar surface area (TPSA) is 8.17 Å². The van der Waals surface area contributed by atoms with E-state index >= 15 is 0 Å². The summed E-state index contributed by atoms with van der Waals surface area (Å²) in [6.07, 6.45) is 24.9. The van der Waals surface area contributed by atoms with Crippen LogP contribution >= 0.6 is 0 Å². The van der Waals surface area contributed by atoms with E-state index in [0.717, 1.165) is 36.3 Å². The van der Waals surface area contributed by atoms with Crippen LogP contribution in [0.2, 0.25) is 0 Å². The third kappa shape index (κ3) is 6.89. The van der Waals surface area contributed by atoms with E-state index in [1.807, 2.05) is 13.8 Å². The van der Waals surface area contributed by atoms with Crippen LogP contribution in [0.15, 0.2) is 186 Å². The molecule has 0 aliphatic heterocycles. The van der Waals surface area contributed by atoms with Gasteiger partial charge in [-0.25, -0.2) is 0 Å². The number of benzene rings is 5. The average Bonchev–Trinajstić information content (AvgIpc) is 3.42. The molecule has 1 heterocycles. The smallest absolute Gasteiger partial charge is 0.0890 e. The maximum Gasteiger partial charge on any atom is 0.0890 e. The van der Waals surface area contributed by atoms with Gasteiger partial charge in [0.2, 0.25) is 0 Å². The Balaban J connectivity index is 0.00000231. The molecular formula is C56H54N2. The molecule has 58 heavy (non-hydrogen) atoms. The Morgan fingerprint density at radius 3 is 2.40 bits per heavy atom. The number of rotatable bonds is 7. The lowest BCUT2D eigenvalue weighted by Gasteiger charge is -2.28. The molecule has 9 rings (SSSR count). The Labute approximate surface area is 345 Å². The SMILES string of the molecule is C/C=C\C=C(/C)C1=CC(N(c2ccc(-c3ccc4c(c3)c3ccccc3n4C3=CCC=CC=C3)cc2)c2ccc3c(c2)C(C)(C)c2cccc(C)c2-3)=C=CCC1.CC. The molecule has 2 heteroatoms. The van der Waals surface area contributed by atoms with E-state index in [1.165, 1.54) is 77.6 Å². The first-order valence-electron chi connectivity index (χ1n) is 21.0. The standard InChI is InChI=1S/C54H48N2.C2H6/c1-6-7-17-37(2)40-19-12-13-22-44(34-40)55(45-31-32-47-50(36-45)54(4,5)49-24-16-18-38(3)53(47)49)43-29-26-39(27-30-43)41-28-33-52-48(35-41)46-23-14-15-25-51(46)56(52)42-20-10-8-9-11-21-42;1-2/h6-10,13-18,20-21,23-36H,11-12,19H2,1-5H3;1-2H3/b7-6-,37-17+;. The minimum absolute atomic E-state index is 0.107. The highest BCUT2D eigenvalue weighted by Gasteiger charge is 2.36. The Morgan fingerprint density at radius 1 is 0.793 bits per heavy atom. The van der Waals surface area contributed by atoms with Gasteiger partial charge in [0.05, 0.1) is 16.7 Å². The molecule has 3 aliphatic carbocycles. The third-order valence-corrected chi connectivity index (χ3v) is 11.9. The zero-order valence-corrected chi connectivity index (χ0v) is 35.1. The van der Waals surface area contributed by atoms with Crippen LogP contribution in [-0.2, 0) is 5.41 Å². The Morgan fingerprint density at radius 2 is 1.57 bits per heavy atom. The molecule has 3 aliphatic rings. The van der Waals surface area contributed by atoms with Crippen molar-refractivity contribution in [2.75, 3.05) is 4.90 Å². The molecule has 0 unspecified atom stereocenters. The normalized spacial score (nSPS) is 15.6. The molecule has 0 bridgehead atoms. The van der Waals surface area contributed by atoms with Crippen molar-refractivity contribution in [2.24, 2.45) is 0 Å². The molecule has 0 saturated heterocycles. The van der Waals surface area contributed by atoms with Crippen LogP contribution in [0.3, 0.4) is 0 Å². The summed E-state index contributed by atoms with van der Waals surface area (Å²) in [6.45, 7) is 15.3. The highest BCUT2D eigenvalue weighted by molar-refractivity contribution is 6.11. The number of allylic oxidation sites excluding steroid dienone is 12. The minimum Gasteiger partial charge on any atom is -0.310 e. The molecule has 0 fully saturated rings. The number of para-hydroxylation sites is 1. The van der Waals surface area contributed by atoms with E-state index in [1.54, 1.807) is 0 Å². The third-order valence-electron chi connectivity index (χ3n) is 11.9. The van der Waals surface area contributed by atoms with Gasteiger partial charge in [0.25, 0.3) is 0 Å². The molecule has 0 N–H and O–H groups in total. The van der Waals surface area contributed by atoms with E-state index in [0.29, 0.717) is 0 Å². The van der Waals surface area contributed by atoms with Crippen molar-refractivity contribution in [3.8, 4) is 22.3 Å². The summed E-state index contributed by atoms with van der Waals surface area (Å²) in [5, 5.41) is 2.53. The zero-order valence-electron chi connectivity index (χ0n) is 35.1. The number of fused-ring (bicyclic) bond motifs is 6. The van der Waals surface area contributed by atoms with Crippen molar-refractivity contribution in [3.05, 3.63) is 203 Å². The van der Waals surface area contributed by atoms with Gasteiger partial charge in [0.1, 0.15) is 0 Å². The largest absolute Gasteiger partial charge is 0.310 e. The fourth-order valence-electron chi connectivity index (χ4n) is 8.96. The van der Waals surface area contributed by atoms with Crippen LogP contribution in [0.1, 0.15) is 77.5 Å². The lowest BCUT2D eigenvalue weighted by atomic mass is 9.82. The molecule has 0 radical (unpaired) electrons. The summed E-state index contributed by atoms with van der Waals surface area (Å²) in [5.41, 5.74) is 22.4. The second-order valence-corrected chi connectivity index (χ2v) is 15.8. The van der Waals surface area contributed by atoms with Crippen LogP contribution in [0.5, 0.6) is 0 Å². The van der Waals surface area contributed by atoms with Crippen molar-refractivity contribution in [2.45, 2.75) is 73.1 Å². The molecule has 288 valence electrons. The quantitative estimate of drug-likeness (QED) is 0.116. The van der Waals surface area contributed by atoms with Gasteiger partial charge < -0.3 is 9.47 Å². The monoisotopic (exact) mass is 754 g/mol. The van der Waals surface area contributed by atoms with E-state index in [-0.39, 0.29) is 5.41 Å². The first-order valence-corrected chi connectivity index (χ1v) is 21.0. The van der Waals surface area contributed by atoms with E-state index in [2.05, 4.69) is 214 Å². The maximum atomic E-state index is 3.73. The predicted molar refractivity (Wildman–Crippen MR) is 252 cm³/mol. The number of hydrogen-bond donors (Lipinski definition) is 0. The van der Waals surface area contributed by atoms with E-state index in [4.69, 9.17) is 0 Å². The summed E-state index contributed by atoms with van der Waals surface area (Å²) in [5.74, 6) is 0. The van der Waals surface area contributed by atoms with Crippen molar-refractivity contribution in [1.82, 2.24) is 4.57 Å². The molecular weight excluding hydrogens is 701 g/mol. The summed E-state index contributed by atoms with van der Waals surface area (Å²) in [7, 11) is 0. The number of anilines is 2. The van der Waals surface area contributed by atoms with Gasteiger partial charge in [-0.3, -0.25) is 0 Å². The molecule has 0 spiro atoms. The molecule has 1 aromatic heterocycles. The lowest BCUT2D eigenvalue weighted by Crippen LogP contribution is -2.18.